The summed E-state index contributed by atoms with van der Waals surface area (Å²) in [6, 6.07) is 51.0. The van der Waals surface area contributed by atoms with Crippen LogP contribution in [-0.4, -0.2) is 16.0 Å². The molecule has 372 valence electrons. The number of hydrogen-bond acceptors (Lipinski definition) is 0. The van der Waals surface area contributed by atoms with E-state index in [1.54, 1.807) is 0 Å². The first-order valence-electron chi connectivity index (χ1n) is 26.1. The molecular formula is C69H63Br3N3+3. The number of rotatable bonds is 15. The molecule has 0 aliphatic carbocycles. The standard InChI is InChI=1S/C48H42N3.C21H21Br3/c1(13-31-49-34-16-25-43-22-7-10-28-46(43)49)4-19-40-37-41(20-5-2-14-32-50-35-17-26-44-23-8-11-29-47(44)50)39-42(38-40)21-6-3-15-33-51-36-18-27-45-24-9-12-30-48(45)51;22-13-7-1-4-10-19-16-20(11-5-2-8-14-23)18-21(17-19)12-6-3-9-15-24/h7-12,16-18,22-30,34-39H,1-3,13-15,31-33H2;16-18H,1-3,7-9,13-15H2/q+3;. The second-order valence-corrected chi connectivity index (χ2v) is 20.3. The molecule has 0 bridgehead atoms. The van der Waals surface area contributed by atoms with E-state index in [2.05, 4.69) is 297 Å². The highest BCUT2D eigenvalue weighted by molar-refractivity contribution is 9.09. The highest BCUT2D eigenvalue weighted by Crippen LogP contribution is 2.14. The third-order valence-corrected chi connectivity index (χ3v) is 13.7. The fraction of sp³-hybridized carbons (Fsp3) is 0.261. The SMILES string of the molecule is BrCCCC#Cc1cc(C#CCCCBr)cc(C#CCCCBr)c1.C(#Cc1cc(C#CCCC[n+]2cccc3ccccc32)cc(C#CCCC[n+]2cccc3ccccc32)c1)CCC[n+]1cccc2ccccc21. The molecule has 0 atom stereocenters. The lowest BCUT2D eigenvalue weighted by Crippen LogP contribution is -2.33. The smallest absolute Gasteiger partial charge is 0.198 e. The lowest BCUT2D eigenvalue weighted by atomic mass is 10.1. The van der Waals surface area contributed by atoms with E-state index >= 15 is 0 Å². The number of hydrogen-bond donors (Lipinski definition) is 0. The number of fused-ring (bicyclic) bond motifs is 3. The molecule has 0 saturated heterocycles. The van der Waals surface area contributed by atoms with Gasteiger partial charge in [-0.1, -0.05) is 155 Å². The summed E-state index contributed by atoms with van der Waals surface area (Å²) in [7, 11) is 0. The molecule has 0 unspecified atom stereocenters. The van der Waals surface area contributed by atoms with Gasteiger partial charge in [0.25, 0.3) is 0 Å². The predicted molar refractivity (Wildman–Crippen MR) is 323 cm³/mol. The van der Waals surface area contributed by atoms with Crippen molar-refractivity contribution in [2.24, 2.45) is 0 Å². The van der Waals surface area contributed by atoms with Crippen LogP contribution >= 0.6 is 47.8 Å². The first kappa shape index (κ1) is 55.9. The molecule has 8 aromatic rings. The van der Waals surface area contributed by atoms with Crippen molar-refractivity contribution in [1.82, 2.24) is 0 Å². The monoisotopic (exact) mass is 1170 g/mol. The van der Waals surface area contributed by atoms with Crippen LogP contribution in [0.4, 0.5) is 0 Å². The Hall–Kier alpha value is -6.87. The Morgan fingerprint density at radius 2 is 0.507 bits per heavy atom. The van der Waals surface area contributed by atoms with Gasteiger partial charge in [-0.25, -0.2) is 0 Å². The Kier molecular flexibility index (Phi) is 24.2. The number of halogens is 3. The average molecular weight is 1170 g/mol. The van der Waals surface area contributed by atoms with E-state index in [4.69, 9.17) is 0 Å². The normalized spacial score (nSPS) is 10.1. The number of nitrogens with zero attached hydrogens (tertiary/aromatic N) is 3. The average Bonchev–Trinajstić information content (AvgIpc) is 3.44. The summed E-state index contributed by atoms with van der Waals surface area (Å²) in [6.45, 7) is 2.81. The molecule has 3 heterocycles. The number of benzene rings is 5. The van der Waals surface area contributed by atoms with E-state index in [0.717, 1.165) is 146 Å². The minimum absolute atomic E-state index is 0.824. The van der Waals surface area contributed by atoms with Crippen molar-refractivity contribution in [3.8, 4) is 71.0 Å². The number of unbranched alkanes of at least 4 members (excludes halogenated alkanes) is 6. The van der Waals surface area contributed by atoms with Crippen LogP contribution in [-0.2, 0) is 19.6 Å². The Labute approximate surface area is 472 Å². The topological polar surface area (TPSA) is 11.6 Å². The molecule has 0 spiro atoms. The first-order chi connectivity index (χ1) is 37.1. The molecule has 0 aliphatic heterocycles. The van der Waals surface area contributed by atoms with Crippen molar-refractivity contribution < 1.29 is 13.7 Å². The van der Waals surface area contributed by atoms with Crippen LogP contribution in [0.1, 0.15) is 110 Å². The van der Waals surface area contributed by atoms with Crippen LogP contribution in [0.25, 0.3) is 32.7 Å². The first-order valence-corrected chi connectivity index (χ1v) is 29.5. The van der Waals surface area contributed by atoms with Crippen LogP contribution in [0.15, 0.2) is 164 Å². The highest BCUT2D eigenvalue weighted by Gasteiger charge is 2.09. The van der Waals surface area contributed by atoms with Gasteiger partial charge in [0.1, 0.15) is 19.6 Å². The number of para-hydroxylation sites is 3. The van der Waals surface area contributed by atoms with Crippen molar-refractivity contribution >= 4 is 80.5 Å². The lowest BCUT2D eigenvalue weighted by molar-refractivity contribution is -0.671. The number of alkyl halides is 3. The van der Waals surface area contributed by atoms with Crippen molar-refractivity contribution in [2.45, 2.75) is 96.7 Å². The molecule has 6 heteroatoms. The van der Waals surface area contributed by atoms with E-state index in [1.807, 2.05) is 0 Å². The second-order valence-electron chi connectivity index (χ2n) is 17.9. The molecule has 0 saturated carbocycles. The zero-order valence-electron chi connectivity index (χ0n) is 42.8. The Balaban J connectivity index is 0.000000288. The third-order valence-electron chi connectivity index (χ3n) is 12.0. The molecular weight excluding hydrogens is 1110 g/mol. The van der Waals surface area contributed by atoms with Crippen molar-refractivity contribution in [2.75, 3.05) is 16.0 Å². The lowest BCUT2D eigenvalue weighted by Gasteiger charge is -2.00. The van der Waals surface area contributed by atoms with E-state index in [0.29, 0.717) is 0 Å². The number of aromatic nitrogens is 3. The van der Waals surface area contributed by atoms with Gasteiger partial charge in [0.15, 0.2) is 18.6 Å². The van der Waals surface area contributed by atoms with Gasteiger partial charge in [-0.15, -0.1) is 0 Å². The van der Waals surface area contributed by atoms with Crippen molar-refractivity contribution in [3.05, 3.63) is 198 Å². The molecule has 75 heavy (non-hydrogen) atoms. The van der Waals surface area contributed by atoms with E-state index in [1.165, 1.54) is 32.7 Å². The maximum Gasteiger partial charge on any atom is 0.212 e. The number of pyridine rings is 3. The van der Waals surface area contributed by atoms with Crippen LogP contribution in [0.5, 0.6) is 0 Å². The summed E-state index contributed by atoms with van der Waals surface area (Å²) >= 11 is 10.3. The molecule has 8 rings (SSSR count). The van der Waals surface area contributed by atoms with Crippen LogP contribution in [0.2, 0.25) is 0 Å². The molecule has 0 amide bonds. The van der Waals surface area contributed by atoms with Crippen LogP contribution in [0, 0.1) is 71.0 Å². The van der Waals surface area contributed by atoms with Crippen molar-refractivity contribution in [3.63, 3.8) is 0 Å². The van der Waals surface area contributed by atoms with E-state index in [9.17, 15) is 0 Å². The van der Waals surface area contributed by atoms with E-state index < -0.39 is 0 Å². The molecule has 0 N–H and O–H groups in total. The summed E-state index contributed by atoms with van der Waals surface area (Å²) < 4.78 is 6.95. The zero-order valence-corrected chi connectivity index (χ0v) is 47.5. The van der Waals surface area contributed by atoms with Gasteiger partial charge in [-0.2, -0.15) is 13.7 Å². The van der Waals surface area contributed by atoms with Gasteiger partial charge >= 0.3 is 0 Å². The van der Waals surface area contributed by atoms with Gasteiger partial charge in [0.05, 0.1) is 0 Å². The van der Waals surface area contributed by atoms with Gasteiger partial charge in [-0.05, 0) is 92.1 Å². The molecule has 0 fully saturated rings. The maximum atomic E-state index is 3.43. The molecule has 3 aromatic heterocycles. The van der Waals surface area contributed by atoms with Gasteiger partial charge < -0.3 is 0 Å². The Bertz CT molecular complexity index is 3150. The fourth-order valence-corrected chi connectivity index (χ4v) is 9.24. The summed E-state index contributed by atoms with van der Waals surface area (Å²) in [5, 5.41) is 6.76. The van der Waals surface area contributed by atoms with Gasteiger partial charge in [-0.3, -0.25) is 0 Å². The number of aryl methyl sites for hydroxylation is 3. The van der Waals surface area contributed by atoms with Crippen LogP contribution < -0.4 is 13.7 Å². The predicted octanol–water partition coefficient (Wildman–Crippen LogP) is 14.8. The van der Waals surface area contributed by atoms with Gasteiger partial charge in [0, 0.05) is 160 Å². The third kappa shape index (κ3) is 19.1. The summed E-state index contributed by atoms with van der Waals surface area (Å²) in [4.78, 5) is 0. The minimum atomic E-state index is 0.824. The quantitative estimate of drug-likeness (QED) is 0.0420. The van der Waals surface area contributed by atoms with Crippen molar-refractivity contribution in [1.29, 1.82) is 0 Å². The van der Waals surface area contributed by atoms with Crippen LogP contribution in [0.3, 0.4) is 0 Å². The summed E-state index contributed by atoms with van der Waals surface area (Å²) in [6.07, 6.45) is 17.8. The fourth-order valence-electron chi connectivity index (χ4n) is 8.40. The summed E-state index contributed by atoms with van der Waals surface area (Å²) in [5.74, 6) is 40.0. The molecule has 5 aromatic carbocycles. The Morgan fingerprint density at radius 1 is 0.280 bits per heavy atom. The van der Waals surface area contributed by atoms with Gasteiger partial charge in [0.2, 0.25) is 16.6 Å². The second kappa shape index (κ2) is 32.4. The maximum absolute atomic E-state index is 3.43. The highest BCUT2D eigenvalue weighted by atomic mass is 79.9. The minimum Gasteiger partial charge on any atom is -0.198 e. The zero-order chi connectivity index (χ0) is 52.0. The van der Waals surface area contributed by atoms with E-state index in [-0.39, 0.29) is 0 Å². The summed E-state index contributed by atoms with van der Waals surface area (Å²) in [5.41, 5.74) is 9.70. The largest absolute Gasteiger partial charge is 0.212 e. The molecule has 0 aliphatic rings. The molecule has 0 radical (unpaired) electrons. The molecule has 3 nitrogen and oxygen atoms in total. The Morgan fingerprint density at radius 3 is 0.760 bits per heavy atom.